The van der Waals surface area contributed by atoms with E-state index in [0.717, 1.165) is 50.8 Å². The summed E-state index contributed by atoms with van der Waals surface area (Å²) in [6.07, 6.45) is 5.85. The summed E-state index contributed by atoms with van der Waals surface area (Å²) in [6, 6.07) is 0. The Morgan fingerprint density at radius 3 is 2.52 bits per heavy atom. The van der Waals surface area contributed by atoms with Gasteiger partial charge in [0.25, 0.3) is 0 Å². The Morgan fingerprint density at radius 1 is 1.30 bits per heavy atom. The zero-order valence-corrected chi connectivity index (χ0v) is 15.9. The van der Waals surface area contributed by atoms with Crippen molar-refractivity contribution in [1.82, 2.24) is 5.32 Å². The molecule has 2 rings (SSSR count). The van der Waals surface area contributed by atoms with Crippen LogP contribution < -0.4 is 5.32 Å². The van der Waals surface area contributed by atoms with Crippen LogP contribution in [0.3, 0.4) is 0 Å². The molecule has 0 aromatic rings. The molecule has 0 aromatic carbocycles. The van der Waals surface area contributed by atoms with Gasteiger partial charge in [0.1, 0.15) is 0 Å². The van der Waals surface area contributed by atoms with Crippen molar-refractivity contribution >= 4 is 0 Å². The molecule has 3 heteroatoms. The average Bonchev–Trinajstić information content (AvgIpc) is 2.87. The SMILES string of the molecule is C=C(C)CNCCC1COC2(CCC(C(C)(C)C(C)C)CC2)O1. The van der Waals surface area contributed by atoms with Crippen LogP contribution in [0.25, 0.3) is 0 Å². The lowest BCUT2D eigenvalue weighted by atomic mass is 9.64. The Hall–Kier alpha value is -0.380. The standard InChI is InChI=1S/C20H37NO2/c1-15(2)13-21-12-9-18-14-22-20(23-18)10-7-17(8-11-20)19(5,6)16(3)4/h16-18,21H,1,7-14H2,2-6H3. The molecule has 2 fully saturated rings. The van der Waals surface area contributed by atoms with Gasteiger partial charge in [-0.3, -0.25) is 0 Å². The predicted molar refractivity (Wildman–Crippen MR) is 96.4 cm³/mol. The van der Waals surface area contributed by atoms with Crippen LogP contribution in [0, 0.1) is 17.3 Å². The molecule has 1 saturated carbocycles. The summed E-state index contributed by atoms with van der Waals surface area (Å²) in [7, 11) is 0. The molecule has 1 heterocycles. The lowest BCUT2D eigenvalue weighted by molar-refractivity contribution is -0.198. The second kappa shape index (κ2) is 7.67. The molecule has 1 aliphatic carbocycles. The first kappa shape index (κ1) is 19.0. The third kappa shape index (κ3) is 4.80. The molecule has 1 unspecified atom stereocenters. The molecule has 0 bridgehead atoms. The zero-order valence-electron chi connectivity index (χ0n) is 15.9. The van der Waals surface area contributed by atoms with E-state index in [1.54, 1.807) is 0 Å². The third-order valence-corrected chi connectivity index (χ3v) is 6.27. The maximum absolute atomic E-state index is 6.33. The van der Waals surface area contributed by atoms with Gasteiger partial charge in [0.15, 0.2) is 5.79 Å². The van der Waals surface area contributed by atoms with Gasteiger partial charge in [-0.25, -0.2) is 0 Å². The fraction of sp³-hybridized carbons (Fsp3) is 0.900. The number of nitrogens with one attached hydrogen (secondary N) is 1. The highest BCUT2D eigenvalue weighted by molar-refractivity contribution is 4.92. The third-order valence-electron chi connectivity index (χ3n) is 6.27. The second-order valence-electron chi connectivity index (χ2n) is 8.63. The second-order valence-corrected chi connectivity index (χ2v) is 8.63. The monoisotopic (exact) mass is 323 g/mol. The van der Waals surface area contributed by atoms with E-state index in [-0.39, 0.29) is 11.9 Å². The maximum Gasteiger partial charge on any atom is 0.168 e. The van der Waals surface area contributed by atoms with Gasteiger partial charge in [0.2, 0.25) is 0 Å². The van der Waals surface area contributed by atoms with Gasteiger partial charge in [0, 0.05) is 19.4 Å². The van der Waals surface area contributed by atoms with Crippen molar-refractivity contribution in [3.8, 4) is 0 Å². The van der Waals surface area contributed by atoms with Gasteiger partial charge in [-0.05, 0) is 50.0 Å². The first-order valence-electron chi connectivity index (χ1n) is 9.42. The highest BCUT2D eigenvalue weighted by atomic mass is 16.7. The van der Waals surface area contributed by atoms with Crippen molar-refractivity contribution in [2.24, 2.45) is 17.3 Å². The quantitative estimate of drug-likeness (QED) is 0.552. The van der Waals surface area contributed by atoms with E-state index in [9.17, 15) is 0 Å². The van der Waals surface area contributed by atoms with Crippen LogP contribution in [-0.4, -0.2) is 31.6 Å². The molecule has 3 nitrogen and oxygen atoms in total. The summed E-state index contributed by atoms with van der Waals surface area (Å²) in [5.74, 6) is 1.23. The molecular weight excluding hydrogens is 286 g/mol. The smallest absolute Gasteiger partial charge is 0.168 e. The normalized spacial score (nSPS) is 31.9. The number of hydrogen-bond donors (Lipinski definition) is 1. The van der Waals surface area contributed by atoms with Gasteiger partial charge < -0.3 is 14.8 Å². The van der Waals surface area contributed by atoms with E-state index in [1.807, 2.05) is 6.92 Å². The van der Waals surface area contributed by atoms with Crippen LogP contribution in [0.1, 0.15) is 66.7 Å². The summed E-state index contributed by atoms with van der Waals surface area (Å²) in [4.78, 5) is 0. The molecule has 0 radical (unpaired) electrons. The van der Waals surface area contributed by atoms with Gasteiger partial charge in [-0.15, -0.1) is 0 Å². The minimum Gasteiger partial charge on any atom is -0.347 e. The topological polar surface area (TPSA) is 30.5 Å². The molecule has 1 N–H and O–H groups in total. The molecule has 0 amide bonds. The van der Waals surface area contributed by atoms with Crippen LogP contribution in [0.5, 0.6) is 0 Å². The van der Waals surface area contributed by atoms with Gasteiger partial charge in [-0.2, -0.15) is 0 Å². The summed E-state index contributed by atoms with van der Waals surface area (Å²) in [5.41, 5.74) is 1.59. The Balaban J connectivity index is 1.75. The van der Waals surface area contributed by atoms with Crippen molar-refractivity contribution in [2.75, 3.05) is 19.7 Å². The minimum absolute atomic E-state index is 0.252. The van der Waals surface area contributed by atoms with Crippen molar-refractivity contribution in [2.45, 2.75) is 78.6 Å². The molecule has 1 spiro atoms. The fourth-order valence-corrected chi connectivity index (χ4v) is 3.86. The molecule has 1 saturated heterocycles. The van der Waals surface area contributed by atoms with Crippen LogP contribution in [0.2, 0.25) is 0 Å². The van der Waals surface area contributed by atoms with Crippen molar-refractivity contribution in [1.29, 1.82) is 0 Å². The molecular formula is C20H37NO2. The molecule has 134 valence electrons. The molecule has 0 aromatic heterocycles. The predicted octanol–water partition coefficient (Wildman–Crippen LogP) is 4.53. The largest absolute Gasteiger partial charge is 0.347 e. The van der Waals surface area contributed by atoms with Crippen molar-refractivity contribution in [3.63, 3.8) is 0 Å². The van der Waals surface area contributed by atoms with Crippen LogP contribution in [0.4, 0.5) is 0 Å². The fourth-order valence-electron chi connectivity index (χ4n) is 3.86. The van der Waals surface area contributed by atoms with Crippen LogP contribution >= 0.6 is 0 Å². The van der Waals surface area contributed by atoms with Crippen LogP contribution in [-0.2, 0) is 9.47 Å². The Bertz CT molecular complexity index is 394. The minimum atomic E-state index is -0.275. The Morgan fingerprint density at radius 2 is 1.96 bits per heavy atom. The molecule has 23 heavy (non-hydrogen) atoms. The van der Waals surface area contributed by atoms with E-state index < -0.39 is 0 Å². The first-order chi connectivity index (χ1) is 10.8. The lowest BCUT2D eigenvalue weighted by Gasteiger charge is -2.44. The van der Waals surface area contributed by atoms with Gasteiger partial charge in [-0.1, -0.05) is 39.8 Å². The average molecular weight is 324 g/mol. The highest BCUT2D eigenvalue weighted by Gasteiger charge is 2.46. The summed E-state index contributed by atoms with van der Waals surface area (Å²) >= 11 is 0. The summed E-state index contributed by atoms with van der Waals surface area (Å²) in [5, 5.41) is 3.41. The highest BCUT2D eigenvalue weighted by Crippen LogP contribution is 2.48. The van der Waals surface area contributed by atoms with Gasteiger partial charge >= 0.3 is 0 Å². The Labute approximate surface area is 143 Å². The van der Waals surface area contributed by atoms with E-state index in [2.05, 4.69) is 39.6 Å². The van der Waals surface area contributed by atoms with E-state index in [0.29, 0.717) is 5.41 Å². The zero-order chi connectivity index (χ0) is 17.1. The van der Waals surface area contributed by atoms with E-state index >= 15 is 0 Å². The van der Waals surface area contributed by atoms with Crippen LogP contribution in [0.15, 0.2) is 12.2 Å². The first-order valence-corrected chi connectivity index (χ1v) is 9.42. The number of ether oxygens (including phenoxy) is 2. The molecule has 1 aliphatic heterocycles. The summed E-state index contributed by atoms with van der Waals surface area (Å²) < 4.78 is 12.5. The Kier molecular flexibility index (Phi) is 6.32. The molecule has 1 atom stereocenters. The van der Waals surface area contributed by atoms with Crippen molar-refractivity contribution < 1.29 is 9.47 Å². The maximum atomic E-state index is 6.33. The molecule has 2 aliphatic rings. The van der Waals surface area contributed by atoms with E-state index in [1.165, 1.54) is 18.4 Å². The number of hydrogen-bond acceptors (Lipinski definition) is 3. The summed E-state index contributed by atoms with van der Waals surface area (Å²) in [6.45, 7) is 18.1. The lowest BCUT2D eigenvalue weighted by Crippen LogP contribution is -2.41. The number of rotatable bonds is 7. The van der Waals surface area contributed by atoms with Gasteiger partial charge in [0.05, 0.1) is 12.7 Å². The van der Waals surface area contributed by atoms with E-state index in [4.69, 9.17) is 9.47 Å². The van der Waals surface area contributed by atoms with Crippen molar-refractivity contribution in [3.05, 3.63) is 12.2 Å².